The summed E-state index contributed by atoms with van der Waals surface area (Å²) < 4.78 is 26.0. The Hall–Kier alpha value is -2.02. The lowest BCUT2D eigenvalue weighted by Crippen LogP contribution is -2.48. The third kappa shape index (κ3) is 3.79. The van der Waals surface area contributed by atoms with E-state index in [0.29, 0.717) is 25.9 Å². The summed E-state index contributed by atoms with van der Waals surface area (Å²) in [5.41, 5.74) is 0.169. The monoisotopic (exact) mass is 312 g/mol. The molecule has 1 aromatic carbocycles. The van der Waals surface area contributed by atoms with E-state index >= 15 is 0 Å². The number of likely N-dealkylation sites (tertiary alicyclic amines) is 1. The Morgan fingerprint density at radius 2 is 2.09 bits per heavy atom. The number of halogens is 2. The average molecular weight is 312 g/mol. The molecule has 0 bridgehead atoms. The molecule has 1 aliphatic heterocycles. The molecule has 2 N–H and O–H groups in total. The summed E-state index contributed by atoms with van der Waals surface area (Å²) in [5, 5.41) is 11.6. The van der Waals surface area contributed by atoms with E-state index in [2.05, 4.69) is 5.32 Å². The van der Waals surface area contributed by atoms with Crippen LogP contribution in [0.2, 0.25) is 0 Å². The number of nitrogens with one attached hydrogen (secondary N) is 1. The third-order valence-corrected chi connectivity index (χ3v) is 3.92. The van der Waals surface area contributed by atoms with E-state index in [0.717, 1.165) is 12.1 Å². The number of piperidine rings is 1. The molecule has 1 heterocycles. The molecule has 0 spiro atoms. The van der Waals surface area contributed by atoms with E-state index in [1.165, 1.54) is 6.07 Å². The molecule has 1 saturated heterocycles. The minimum absolute atomic E-state index is 0.169. The fourth-order valence-electron chi connectivity index (χ4n) is 2.55. The van der Waals surface area contributed by atoms with Crippen molar-refractivity contribution in [2.75, 3.05) is 18.4 Å². The highest BCUT2D eigenvalue weighted by atomic mass is 19.2. The molecule has 1 amide bonds. The number of hydrogen-bond donors (Lipinski definition) is 2. The topological polar surface area (TPSA) is 69.6 Å². The van der Waals surface area contributed by atoms with Crippen molar-refractivity contribution in [1.29, 1.82) is 0 Å². The third-order valence-electron chi connectivity index (χ3n) is 3.92. The van der Waals surface area contributed by atoms with Gasteiger partial charge in [0.15, 0.2) is 11.6 Å². The van der Waals surface area contributed by atoms with Gasteiger partial charge in [-0.3, -0.25) is 14.5 Å². The van der Waals surface area contributed by atoms with Crippen LogP contribution in [0.1, 0.15) is 19.8 Å². The van der Waals surface area contributed by atoms with Crippen LogP contribution in [0.4, 0.5) is 14.5 Å². The molecule has 5 nitrogen and oxygen atoms in total. The molecule has 7 heteroatoms. The van der Waals surface area contributed by atoms with Crippen molar-refractivity contribution >= 4 is 17.6 Å². The molecule has 120 valence electrons. The summed E-state index contributed by atoms with van der Waals surface area (Å²) in [6, 6.07) is 2.59. The summed E-state index contributed by atoms with van der Waals surface area (Å²) in [6.45, 7) is 2.61. The van der Waals surface area contributed by atoms with E-state index in [-0.39, 0.29) is 11.6 Å². The van der Waals surface area contributed by atoms with Gasteiger partial charge >= 0.3 is 5.97 Å². The van der Waals surface area contributed by atoms with Crippen molar-refractivity contribution in [3.05, 3.63) is 29.8 Å². The number of rotatable bonds is 4. The lowest BCUT2D eigenvalue weighted by molar-refractivity contribution is -0.144. The number of amides is 1. The minimum Gasteiger partial charge on any atom is -0.481 e. The normalized spacial score (nSPS) is 20.4. The molecular weight excluding hydrogens is 294 g/mol. The van der Waals surface area contributed by atoms with Crippen LogP contribution in [-0.2, 0) is 9.59 Å². The maximum Gasteiger partial charge on any atom is 0.307 e. The zero-order chi connectivity index (χ0) is 16.3. The molecule has 1 aromatic rings. The van der Waals surface area contributed by atoms with Crippen LogP contribution in [0.15, 0.2) is 18.2 Å². The van der Waals surface area contributed by atoms with Gasteiger partial charge in [0, 0.05) is 18.3 Å². The van der Waals surface area contributed by atoms with Crippen LogP contribution in [0, 0.1) is 17.6 Å². The number of aliphatic carboxylic acids is 1. The van der Waals surface area contributed by atoms with E-state index in [9.17, 15) is 18.4 Å². The van der Waals surface area contributed by atoms with E-state index < -0.39 is 29.6 Å². The van der Waals surface area contributed by atoms with Crippen LogP contribution < -0.4 is 5.32 Å². The number of carboxylic acid groups (broad SMARTS) is 1. The number of carbonyl (C=O) groups excluding carboxylic acids is 1. The van der Waals surface area contributed by atoms with Crippen molar-refractivity contribution < 1.29 is 23.5 Å². The predicted octanol–water partition coefficient (Wildman–Crippen LogP) is 2.09. The molecular formula is C15H18F2N2O3. The SMILES string of the molecule is CC(C(=O)Nc1ccc(F)c(F)c1)N1CCCC(C(=O)O)C1. The summed E-state index contributed by atoms with van der Waals surface area (Å²) >= 11 is 0. The summed E-state index contributed by atoms with van der Waals surface area (Å²) in [4.78, 5) is 25.0. The van der Waals surface area contributed by atoms with Crippen molar-refractivity contribution in [3.8, 4) is 0 Å². The molecule has 1 aliphatic rings. The standard InChI is InChI=1S/C15H18F2N2O3/c1-9(19-6-2-3-10(8-19)15(21)22)14(20)18-11-4-5-12(16)13(17)7-11/h4-5,7,9-10H,2-3,6,8H2,1H3,(H,18,20)(H,21,22). The average Bonchev–Trinajstić information content (AvgIpc) is 2.50. The van der Waals surface area contributed by atoms with Gasteiger partial charge in [-0.05, 0) is 38.4 Å². The largest absolute Gasteiger partial charge is 0.481 e. The van der Waals surface area contributed by atoms with Crippen LogP contribution in [-0.4, -0.2) is 41.0 Å². The second kappa shape index (κ2) is 6.83. The van der Waals surface area contributed by atoms with Gasteiger partial charge in [0.1, 0.15) is 0 Å². The van der Waals surface area contributed by atoms with Gasteiger partial charge in [-0.1, -0.05) is 0 Å². The van der Waals surface area contributed by atoms with E-state index in [4.69, 9.17) is 5.11 Å². The zero-order valence-electron chi connectivity index (χ0n) is 12.2. The lowest BCUT2D eigenvalue weighted by atomic mass is 9.97. The molecule has 0 radical (unpaired) electrons. The van der Waals surface area contributed by atoms with Crippen molar-refractivity contribution in [3.63, 3.8) is 0 Å². The van der Waals surface area contributed by atoms with Gasteiger partial charge in [0.05, 0.1) is 12.0 Å². The molecule has 2 atom stereocenters. The van der Waals surface area contributed by atoms with Crippen molar-refractivity contribution in [2.24, 2.45) is 5.92 Å². The zero-order valence-corrected chi connectivity index (χ0v) is 12.2. The van der Waals surface area contributed by atoms with E-state index in [1.807, 2.05) is 0 Å². The van der Waals surface area contributed by atoms with Crippen LogP contribution in [0.3, 0.4) is 0 Å². The molecule has 0 aromatic heterocycles. The van der Waals surface area contributed by atoms with Gasteiger partial charge in [-0.2, -0.15) is 0 Å². The van der Waals surface area contributed by atoms with Crippen LogP contribution >= 0.6 is 0 Å². The number of benzene rings is 1. The summed E-state index contributed by atoms with van der Waals surface area (Å²) in [5.74, 6) is -3.73. The molecule has 2 unspecified atom stereocenters. The molecule has 1 fully saturated rings. The Labute approximate surface area is 126 Å². The quantitative estimate of drug-likeness (QED) is 0.893. The predicted molar refractivity (Wildman–Crippen MR) is 76.4 cm³/mol. The highest BCUT2D eigenvalue weighted by molar-refractivity contribution is 5.94. The van der Waals surface area contributed by atoms with Crippen molar-refractivity contribution in [2.45, 2.75) is 25.8 Å². The Balaban J connectivity index is 1.99. The smallest absolute Gasteiger partial charge is 0.307 e. The fraction of sp³-hybridized carbons (Fsp3) is 0.467. The maximum absolute atomic E-state index is 13.1. The van der Waals surface area contributed by atoms with Crippen LogP contribution in [0.5, 0.6) is 0 Å². The fourth-order valence-corrected chi connectivity index (χ4v) is 2.55. The van der Waals surface area contributed by atoms with Gasteiger partial charge in [-0.25, -0.2) is 8.78 Å². The molecule has 2 rings (SSSR count). The second-order valence-corrected chi connectivity index (χ2v) is 5.47. The molecule has 0 saturated carbocycles. The van der Waals surface area contributed by atoms with Crippen LogP contribution in [0.25, 0.3) is 0 Å². The summed E-state index contributed by atoms with van der Waals surface area (Å²) in [7, 11) is 0. The number of anilines is 1. The highest BCUT2D eigenvalue weighted by Gasteiger charge is 2.30. The Morgan fingerprint density at radius 1 is 1.36 bits per heavy atom. The number of carboxylic acids is 1. The number of nitrogens with zero attached hydrogens (tertiary/aromatic N) is 1. The first kappa shape index (κ1) is 16.4. The Kier molecular flexibility index (Phi) is 5.07. The van der Waals surface area contributed by atoms with Crippen molar-refractivity contribution in [1.82, 2.24) is 4.90 Å². The lowest BCUT2D eigenvalue weighted by Gasteiger charge is -2.34. The van der Waals surface area contributed by atoms with Gasteiger partial charge in [0.2, 0.25) is 5.91 Å². The second-order valence-electron chi connectivity index (χ2n) is 5.47. The molecule has 0 aliphatic carbocycles. The summed E-state index contributed by atoms with van der Waals surface area (Å²) in [6.07, 6.45) is 1.31. The first-order valence-corrected chi connectivity index (χ1v) is 7.11. The Morgan fingerprint density at radius 3 is 2.73 bits per heavy atom. The maximum atomic E-state index is 13.1. The van der Waals surface area contributed by atoms with Gasteiger partial charge in [0.25, 0.3) is 0 Å². The minimum atomic E-state index is -1.03. The van der Waals surface area contributed by atoms with Gasteiger partial charge < -0.3 is 10.4 Å². The number of carbonyl (C=O) groups is 2. The van der Waals surface area contributed by atoms with E-state index in [1.54, 1.807) is 11.8 Å². The highest BCUT2D eigenvalue weighted by Crippen LogP contribution is 2.20. The first-order valence-electron chi connectivity index (χ1n) is 7.11. The Bertz CT molecular complexity index is 580. The first-order chi connectivity index (χ1) is 10.4. The van der Waals surface area contributed by atoms with Gasteiger partial charge in [-0.15, -0.1) is 0 Å². The number of hydrogen-bond acceptors (Lipinski definition) is 3. The molecule has 22 heavy (non-hydrogen) atoms.